The summed E-state index contributed by atoms with van der Waals surface area (Å²) in [6, 6.07) is 8.05. The molecule has 5 nitrogen and oxygen atoms in total. The van der Waals surface area contributed by atoms with Gasteiger partial charge in [-0.05, 0) is 26.8 Å². The molecular formula is C14H16N4O. The van der Waals surface area contributed by atoms with Crippen LogP contribution >= 0.6 is 0 Å². The third-order valence-corrected chi connectivity index (χ3v) is 3.09. The molecule has 0 aliphatic heterocycles. The number of benzene rings is 1. The molecule has 0 atom stereocenters. The number of fused-ring (bicyclic) bond motifs is 1. The van der Waals surface area contributed by atoms with E-state index < -0.39 is 5.54 Å². The van der Waals surface area contributed by atoms with Crippen LogP contribution in [-0.4, -0.2) is 15.1 Å². The van der Waals surface area contributed by atoms with Gasteiger partial charge in [0.05, 0.1) is 11.1 Å². The van der Waals surface area contributed by atoms with Crippen molar-refractivity contribution >= 4 is 10.9 Å². The topological polar surface area (TPSA) is 80.7 Å². The van der Waals surface area contributed by atoms with Gasteiger partial charge in [-0.15, -0.1) is 0 Å². The SMILES string of the molecule is Cc1[nH]c2ccccc2c1-c1noc(C(C)(C)N)n1. The summed E-state index contributed by atoms with van der Waals surface area (Å²) in [6.45, 7) is 5.68. The third-order valence-electron chi connectivity index (χ3n) is 3.09. The predicted molar refractivity (Wildman–Crippen MR) is 73.5 cm³/mol. The zero-order valence-corrected chi connectivity index (χ0v) is 11.2. The lowest BCUT2D eigenvalue weighted by Gasteiger charge is -2.10. The zero-order valence-electron chi connectivity index (χ0n) is 11.2. The Kier molecular flexibility index (Phi) is 2.46. The molecule has 3 N–H and O–H groups in total. The molecule has 0 aliphatic carbocycles. The normalized spacial score (nSPS) is 12.2. The number of para-hydroxylation sites is 1. The Labute approximate surface area is 110 Å². The molecule has 0 fully saturated rings. The van der Waals surface area contributed by atoms with E-state index in [1.807, 2.05) is 45.0 Å². The second kappa shape index (κ2) is 3.93. The maximum absolute atomic E-state index is 5.97. The first kappa shape index (κ1) is 11.9. The zero-order chi connectivity index (χ0) is 13.6. The van der Waals surface area contributed by atoms with Crippen molar-refractivity contribution in [3.05, 3.63) is 35.9 Å². The lowest BCUT2D eigenvalue weighted by atomic mass is 10.1. The first-order valence-corrected chi connectivity index (χ1v) is 6.17. The molecule has 0 saturated carbocycles. The lowest BCUT2D eigenvalue weighted by Crippen LogP contribution is -2.28. The number of aromatic nitrogens is 3. The van der Waals surface area contributed by atoms with Crippen LogP contribution in [0.2, 0.25) is 0 Å². The summed E-state index contributed by atoms with van der Waals surface area (Å²) in [5.74, 6) is 1.01. The van der Waals surface area contributed by atoms with E-state index in [0.717, 1.165) is 22.2 Å². The van der Waals surface area contributed by atoms with Gasteiger partial charge >= 0.3 is 0 Å². The first-order valence-electron chi connectivity index (χ1n) is 6.17. The van der Waals surface area contributed by atoms with Crippen LogP contribution in [0.25, 0.3) is 22.3 Å². The van der Waals surface area contributed by atoms with Gasteiger partial charge in [0.2, 0.25) is 11.7 Å². The fraction of sp³-hybridized carbons (Fsp3) is 0.286. The fourth-order valence-electron chi connectivity index (χ4n) is 2.15. The van der Waals surface area contributed by atoms with Crippen LogP contribution in [0.4, 0.5) is 0 Å². The Morgan fingerprint density at radius 2 is 2.00 bits per heavy atom. The van der Waals surface area contributed by atoms with E-state index in [2.05, 4.69) is 15.1 Å². The van der Waals surface area contributed by atoms with E-state index >= 15 is 0 Å². The highest BCUT2D eigenvalue weighted by molar-refractivity contribution is 5.95. The van der Waals surface area contributed by atoms with Gasteiger partial charge in [0.25, 0.3) is 0 Å². The largest absolute Gasteiger partial charge is 0.358 e. The molecule has 5 heteroatoms. The summed E-state index contributed by atoms with van der Waals surface area (Å²) < 4.78 is 5.26. The summed E-state index contributed by atoms with van der Waals surface area (Å²) in [4.78, 5) is 7.73. The molecule has 0 saturated heterocycles. The van der Waals surface area contributed by atoms with Gasteiger partial charge in [-0.25, -0.2) is 0 Å². The Morgan fingerprint density at radius 3 is 2.68 bits per heavy atom. The van der Waals surface area contributed by atoms with Crippen molar-refractivity contribution in [2.75, 3.05) is 0 Å². The van der Waals surface area contributed by atoms with Crippen molar-refractivity contribution in [3.63, 3.8) is 0 Å². The first-order chi connectivity index (χ1) is 8.97. The van der Waals surface area contributed by atoms with Gasteiger partial charge in [-0.2, -0.15) is 4.98 Å². The number of H-pyrrole nitrogens is 1. The molecule has 0 spiro atoms. The predicted octanol–water partition coefficient (Wildman–Crippen LogP) is 2.72. The molecule has 19 heavy (non-hydrogen) atoms. The Morgan fingerprint density at radius 1 is 1.26 bits per heavy atom. The summed E-state index contributed by atoms with van der Waals surface area (Å²) in [5, 5.41) is 5.14. The molecule has 0 aliphatic rings. The van der Waals surface area contributed by atoms with Crippen molar-refractivity contribution in [1.29, 1.82) is 0 Å². The molecule has 2 aromatic heterocycles. The highest BCUT2D eigenvalue weighted by Crippen LogP contribution is 2.30. The molecule has 3 aromatic rings. The average Bonchev–Trinajstić information content (AvgIpc) is 2.90. The smallest absolute Gasteiger partial charge is 0.246 e. The van der Waals surface area contributed by atoms with Gasteiger partial charge < -0.3 is 15.2 Å². The number of aromatic amines is 1. The Balaban J connectivity index is 2.19. The highest BCUT2D eigenvalue weighted by atomic mass is 16.5. The van der Waals surface area contributed by atoms with Gasteiger partial charge in [-0.3, -0.25) is 0 Å². The van der Waals surface area contributed by atoms with E-state index in [1.165, 1.54) is 0 Å². The third kappa shape index (κ3) is 1.92. The van der Waals surface area contributed by atoms with Gasteiger partial charge in [-0.1, -0.05) is 23.4 Å². The maximum Gasteiger partial charge on any atom is 0.246 e. The van der Waals surface area contributed by atoms with E-state index in [9.17, 15) is 0 Å². The summed E-state index contributed by atoms with van der Waals surface area (Å²) in [7, 11) is 0. The average molecular weight is 256 g/mol. The molecule has 0 bridgehead atoms. The standard InChI is InChI=1S/C14H16N4O/c1-8-11(9-6-4-5-7-10(9)16-8)12-17-13(19-18-12)14(2,3)15/h4-7,16H,15H2,1-3H3. The van der Waals surface area contributed by atoms with E-state index in [-0.39, 0.29) is 0 Å². The molecule has 98 valence electrons. The molecule has 3 rings (SSSR count). The van der Waals surface area contributed by atoms with Crippen LogP contribution in [0, 0.1) is 6.92 Å². The molecule has 0 amide bonds. The Hall–Kier alpha value is -2.14. The molecule has 2 heterocycles. The number of rotatable bonds is 2. The second-order valence-corrected chi connectivity index (χ2v) is 5.32. The van der Waals surface area contributed by atoms with E-state index in [1.54, 1.807) is 0 Å². The minimum absolute atomic E-state index is 0.437. The van der Waals surface area contributed by atoms with Crippen LogP contribution in [0.1, 0.15) is 25.4 Å². The number of hydrogen-bond donors (Lipinski definition) is 2. The Bertz CT molecular complexity index is 733. The van der Waals surface area contributed by atoms with Crippen LogP contribution in [0.3, 0.4) is 0 Å². The van der Waals surface area contributed by atoms with E-state index in [4.69, 9.17) is 10.3 Å². The van der Waals surface area contributed by atoms with Gasteiger partial charge in [0, 0.05) is 16.6 Å². The van der Waals surface area contributed by atoms with Crippen LogP contribution in [0.15, 0.2) is 28.8 Å². The van der Waals surface area contributed by atoms with E-state index in [0.29, 0.717) is 11.7 Å². The second-order valence-electron chi connectivity index (χ2n) is 5.32. The summed E-state index contributed by atoms with van der Waals surface area (Å²) >= 11 is 0. The summed E-state index contributed by atoms with van der Waals surface area (Å²) in [5.41, 5.74) is 8.38. The number of nitrogens with one attached hydrogen (secondary N) is 1. The van der Waals surface area contributed by atoms with Crippen molar-refractivity contribution in [3.8, 4) is 11.4 Å². The number of aryl methyl sites for hydroxylation is 1. The monoisotopic (exact) mass is 256 g/mol. The van der Waals surface area contributed by atoms with Crippen LogP contribution < -0.4 is 5.73 Å². The minimum atomic E-state index is -0.634. The minimum Gasteiger partial charge on any atom is -0.358 e. The quantitative estimate of drug-likeness (QED) is 0.738. The molecule has 1 aromatic carbocycles. The number of hydrogen-bond acceptors (Lipinski definition) is 4. The molecule has 0 radical (unpaired) electrons. The lowest BCUT2D eigenvalue weighted by molar-refractivity contribution is 0.312. The van der Waals surface area contributed by atoms with Crippen molar-refractivity contribution in [2.24, 2.45) is 5.73 Å². The van der Waals surface area contributed by atoms with Crippen molar-refractivity contribution in [1.82, 2.24) is 15.1 Å². The molecular weight excluding hydrogens is 240 g/mol. The molecule has 0 unspecified atom stereocenters. The van der Waals surface area contributed by atoms with Crippen molar-refractivity contribution < 1.29 is 4.52 Å². The number of nitrogens with zero attached hydrogens (tertiary/aromatic N) is 2. The summed E-state index contributed by atoms with van der Waals surface area (Å²) in [6.07, 6.45) is 0. The fourth-order valence-corrected chi connectivity index (χ4v) is 2.15. The van der Waals surface area contributed by atoms with Crippen LogP contribution in [0.5, 0.6) is 0 Å². The maximum atomic E-state index is 5.97. The van der Waals surface area contributed by atoms with Crippen molar-refractivity contribution in [2.45, 2.75) is 26.3 Å². The number of nitrogens with two attached hydrogens (primary N) is 1. The van der Waals surface area contributed by atoms with Gasteiger partial charge in [0.15, 0.2) is 0 Å². The van der Waals surface area contributed by atoms with Gasteiger partial charge in [0.1, 0.15) is 0 Å². The highest BCUT2D eigenvalue weighted by Gasteiger charge is 2.24. The van der Waals surface area contributed by atoms with Crippen LogP contribution in [-0.2, 0) is 5.54 Å².